The Morgan fingerprint density at radius 3 is 2.55 bits per heavy atom. The van der Waals surface area contributed by atoms with Gasteiger partial charge in [-0.1, -0.05) is 15.9 Å². The van der Waals surface area contributed by atoms with Crippen molar-refractivity contribution in [2.24, 2.45) is 0 Å². The van der Waals surface area contributed by atoms with Crippen LogP contribution in [-0.2, 0) is 9.53 Å². The summed E-state index contributed by atoms with van der Waals surface area (Å²) in [4.78, 5) is 27.9. The van der Waals surface area contributed by atoms with E-state index in [4.69, 9.17) is 4.74 Å². The molecule has 22 heavy (non-hydrogen) atoms. The van der Waals surface area contributed by atoms with Gasteiger partial charge in [0.1, 0.15) is 0 Å². The summed E-state index contributed by atoms with van der Waals surface area (Å²) in [5, 5.41) is 0. The lowest BCUT2D eigenvalue weighted by atomic mass is 10.2. The summed E-state index contributed by atoms with van der Waals surface area (Å²) in [5.74, 6) is -0.152. The van der Waals surface area contributed by atoms with E-state index in [9.17, 15) is 9.59 Å². The summed E-state index contributed by atoms with van der Waals surface area (Å²) >= 11 is 3.37. The fraction of sp³-hybridized carbons (Fsp3) is 0.500. The number of esters is 1. The van der Waals surface area contributed by atoms with Gasteiger partial charge >= 0.3 is 5.97 Å². The van der Waals surface area contributed by atoms with Crippen LogP contribution in [0.1, 0.15) is 23.7 Å². The number of hydrogen-bond donors (Lipinski definition) is 0. The van der Waals surface area contributed by atoms with Crippen molar-refractivity contribution in [2.45, 2.75) is 13.3 Å². The summed E-state index contributed by atoms with van der Waals surface area (Å²) in [7, 11) is 0. The van der Waals surface area contributed by atoms with Gasteiger partial charge in [0, 0.05) is 36.2 Å². The normalized spacial score (nSPS) is 16.2. The van der Waals surface area contributed by atoms with Crippen LogP contribution in [0.3, 0.4) is 0 Å². The number of rotatable bonds is 4. The first-order chi connectivity index (χ1) is 10.6. The van der Waals surface area contributed by atoms with E-state index in [2.05, 4.69) is 15.9 Å². The molecular weight excluding hydrogens is 348 g/mol. The van der Waals surface area contributed by atoms with E-state index >= 15 is 0 Å². The Morgan fingerprint density at radius 2 is 1.86 bits per heavy atom. The lowest BCUT2D eigenvalue weighted by Crippen LogP contribution is -2.37. The van der Waals surface area contributed by atoms with E-state index in [0.717, 1.165) is 17.4 Å². The zero-order valence-corrected chi connectivity index (χ0v) is 14.3. The number of carbonyl (C=O) groups excluding carboxylic acids is 2. The lowest BCUT2D eigenvalue weighted by molar-refractivity contribution is -0.144. The van der Waals surface area contributed by atoms with Crippen molar-refractivity contribution >= 4 is 27.8 Å². The van der Waals surface area contributed by atoms with Gasteiger partial charge in [0.25, 0.3) is 5.91 Å². The first-order valence-corrected chi connectivity index (χ1v) is 8.32. The molecule has 1 saturated heterocycles. The molecule has 0 N–H and O–H groups in total. The highest BCUT2D eigenvalue weighted by molar-refractivity contribution is 9.10. The second-order valence-electron chi connectivity index (χ2n) is 5.23. The number of nitrogens with zero attached hydrogens (tertiary/aromatic N) is 2. The zero-order chi connectivity index (χ0) is 15.9. The highest BCUT2D eigenvalue weighted by Crippen LogP contribution is 2.13. The topological polar surface area (TPSA) is 49.9 Å². The number of halogens is 1. The van der Waals surface area contributed by atoms with Gasteiger partial charge in [-0.25, -0.2) is 0 Å². The van der Waals surface area contributed by atoms with E-state index < -0.39 is 0 Å². The van der Waals surface area contributed by atoms with Gasteiger partial charge in [0.05, 0.1) is 13.2 Å². The van der Waals surface area contributed by atoms with Crippen LogP contribution < -0.4 is 0 Å². The smallest absolute Gasteiger partial charge is 0.320 e. The van der Waals surface area contributed by atoms with Gasteiger partial charge < -0.3 is 9.64 Å². The highest BCUT2D eigenvalue weighted by atomic mass is 79.9. The first kappa shape index (κ1) is 17.0. The maximum Gasteiger partial charge on any atom is 0.320 e. The van der Waals surface area contributed by atoms with E-state index in [1.807, 2.05) is 34.1 Å². The number of carbonyl (C=O) groups is 2. The molecule has 0 aromatic heterocycles. The largest absolute Gasteiger partial charge is 0.465 e. The molecule has 1 fully saturated rings. The summed E-state index contributed by atoms with van der Waals surface area (Å²) in [6, 6.07) is 7.40. The van der Waals surface area contributed by atoms with Crippen LogP contribution in [0.2, 0.25) is 0 Å². The second-order valence-corrected chi connectivity index (χ2v) is 6.15. The molecule has 2 rings (SSSR count). The average molecular weight is 369 g/mol. The molecule has 1 aromatic carbocycles. The van der Waals surface area contributed by atoms with Gasteiger partial charge in [-0.2, -0.15) is 0 Å². The molecule has 0 saturated carbocycles. The number of hydrogen-bond acceptors (Lipinski definition) is 4. The zero-order valence-electron chi connectivity index (χ0n) is 12.8. The van der Waals surface area contributed by atoms with Crippen LogP contribution in [0.5, 0.6) is 0 Å². The Morgan fingerprint density at radius 1 is 1.14 bits per heavy atom. The minimum absolute atomic E-state index is 0.0467. The number of benzene rings is 1. The molecule has 1 amide bonds. The molecular formula is C16H21BrN2O3. The lowest BCUT2D eigenvalue weighted by Gasteiger charge is -2.21. The van der Waals surface area contributed by atoms with Crippen molar-refractivity contribution < 1.29 is 14.3 Å². The van der Waals surface area contributed by atoms with Crippen LogP contribution in [0.25, 0.3) is 0 Å². The number of amides is 1. The second kappa shape index (κ2) is 8.29. The highest BCUT2D eigenvalue weighted by Gasteiger charge is 2.21. The molecule has 0 unspecified atom stereocenters. The molecule has 120 valence electrons. The average Bonchev–Trinajstić information content (AvgIpc) is 2.73. The van der Waals surface area contributed by atoms with Crippen molar-refractivity contribution in [1.29, 1.82) is 0 Å². The Kier molecular flexibility index (Phi) is 6.39. The van der Waals surface area contributed by atoms with Gasteiger partial charge in [0.2, 0.25) is 0 Å². The predicted octanol–water partition coefficient (Wildman–Crippen LogP) is 2.16. The van der Waals surface area contributed by atoms with E-state index in [0.29, 0.717) is 38.3 Å². The molecule has 1 aromatic rings. The SMILES string of the molecule is CCOC(=O)CN1CCCN(C(=O)c2ccc(Br)cc2)CC1. The van der Waals surface area contributed by atoms with Crippen molar-refractivity contribution in [3.63, 3.8) is 0 Å². The van der Waals surface area contributed by atoms with Crippen molar-refractivity contribution in [1.82, 2.24) is 9.80 Å². The van der Waals surface area contributed by atoms with Crippen LogP contribution in [-0.4, -0.2) is 61.0 Å². The predicted molar refractivity (Wildman–Crippen MR) is 87.7 cm³/mol. The fourth-order valence-electron chi connectivity index (χ4n) is 2.50. The third-order valence-corrected chi connectivity index (χ3v) is 4.15. The molecule has 0 radical (unpaired) electrons. The molecule has 1 aliphatic heterocycles. The number of ether oxygens (including phenoxy) is 1. The van der Waals surface area contributed by atoms with Crippen LogP contribution in [0.4, 0.5) is 0 Å². The van der Waals surface area contributed by atoms with Gasteiger partial charge in [0.15, 0.2) is 0 Å². The van der Waals surface area contributed by atoms with Gasteiger partial charge in [-0.15, -0.1) is 0 Å². The Labute approximate surface area is 139 Å². The minimum Gasteiger partial charge on any atom is -0.465 e. The maximum absolute atomic E-state index is 12.5. The van der Waals surface area contributed by atoms with Crippen LogP contribution >= 0.6 is 15.9 Å². The molecule has 6 heteroatoms. The summed E-state index contributed by atoms with van der Waals surface area (Å²) in [6.45, 7) is 5.36. The summed E-state index contributed by atoms with van der Waals surface area (Å²) in [6.07, 6.45) is 0.863. The van der Waals surface area contributed by atoms with Crippen molar-refractivity contribution in [2.75, 3.05) is 39.3 Å². The van der Waals surface area contributed by atoms with E-state index in [-0.39, 0.29) is 11.9 Å². The fourth-order valence-corrected chi connectivity index (χ4v) is 2.76. The molecule has 0 aliphatic carbocycles. The molecule has 5 nitrogen and oxygen atoms in total. The third kappa shape index (κ3) is 4.81. The molecule has 0 atom stereocenters. The monoisotopic (exact) mass is 368 g/mol. The first-order valence-electron chi connectivity index (χ1n) is 7.53. The van der Waals surface area contributed by atoms with Crippen molar-refractivity contribution in [3.05, 3.63) is 34.3 Å². The molecule has 1 aliphatic rings. The van der Waals surface area contributed by atoms with Crippen LogP contribution in [0.15, 0.2) is 28.7 Å². The standard InChI is InChI=1S/C16H21BrN2O3/c1-2-22-15(20)12-18-8-3-9-19(11-10-18)16(21)13-4-6-14(17)7-5-13/h4-7H,2-3,8-12H2,1H3. The molecule has 1 heterocycles. The Hall–Kier alpha value is -1.40. The quantitative estimate of drug-likeness (QED) is 0.764. The molecule has 0 spiro atoms. The Bertz CT molecular complexity index is 519. The van der Waals surface area contributed by atoms with E-state index in [1.54, 1.807) is 6.92 Å². The Balaban J connectivity index is 1.91. The third-order valence-electron chi connectivity index (χ3n) is 3.62. The van der Waals surface area contributed by atoms with E-state index in [1.165, 1.54) is 0 Å². The van der Waals surface area contributed by atoms with Crippen LogP contribution in [0, 0.1) is 0 Å². The molecule has 0 bridgehead atoms. The summed E-state index contributed by atoms with van der Waals surface area (Å²) < 4.78 is 5.93. The van der Waals surface area contributed by atoms with Crippen molar-refractivity contribution in [3.8, 4) is 0 Å². The maximum atomic E-state index is 12.5. The summed E-state index contributed by atoms with van der Waals surface area (Å²) in [5.41, 5.74) is 0.696. The minimum atomic E-state index is -0.199. The van der Waals surface area contributed by atoms with Gasteiger partial charge in [-0.05, 0) is 37.6 Å². The van der Waals surface area contributed by atoms with Gasteiger partial charge in [-0.3, -0.25) is 14.5 Å².